The second kappa shape index (κ2) is 12.3. The number of nitrogens with one attached hydrogen (secondary N) is 1. The van der Waals surface area contributed by atoms with Gasteiger partial charge in [-0.2, -0.15) is 4.98 Å². The SMILES string of the molecule is COC(=O)C1CC2(C1)CC(N1C(=O)c3cccc(c3)S(=O)(=O)Nc3nc(cc(-c4c(C)cccc4C)n3)OC[C@H]1CCC(C)C)C2. The number of benzene rings is 2. The molecular weight excluding hydrogens is 604 g/mol. The molecule has 2 fully saturated rings. The summed E-state index contributed by atoms with van der Waals surface area (Å²) in [6.07, 6.45) is 4.65. The van der Waals surface area contributed by atoms with Crippen LogP contribution in [0.25, 0.3) is 11.3 Å². The first-order valence-electron chi connectivity index (χ1n) is 16.0. The maximum atomic E-state index is 14.4. The molecule has 10 nitrogen and oxygen atoms in total. The molecule has 1 aromatic heterocycles. The fourth-order valence-corrected chi connectivity index (χ4v) is 8.43. The third-order valence-corrected chi connectivity index (χ3v) is 11.1. The number of methoxy groups -OCH3 is 1. The van der Waals surface area contributed by atoms with E-state index in [-0.39, 0.29) is 58.6 Å². The molecule has 2 aliphatic carbocycles. The number of sulfonamides is 1. The monoisotopic (exact) mass is 646 g/mol. The van der Waals surface area contributed by atoms with Gasteiger partial charge in [0, 0.05) is 23.2 Å². The molecule has 0 unspecified atom stereocenters. The Labute approximate surface area is 271 Å². The molecule has 4 bridgehead atoms. The van der Waals surface area contributed by atoms with Gasteiger partial charge in [0.1, 0.15) is 6.61 Å². The first-order valence-corrected chi connectivity index (χ1v) is 17.5. The van der Waals surface area contributed by atoms with Crippen molar-refractivity contribution in [3.8, 4) is 17.1 Å². The Morgan fingerprint density at radius 2 is 1.76 bits per heavy atom. The van der Waals surface area contributed by atoms with Gasteiger partial charge in [-0.1, -0.05) is 38.1 Å². The van der Waals surface area contributed by atoms with Crippen molar-refractivity contribution in [2.75, 3.05) is 18.4 Å². The summed E-state index contributed by atoms with van der Waals surface area (Å²) >= 11 is 0. The third-order valence-electron chi connectivity index (χ3n) is 9.81. The smallest absolute Gasteiger partial charge is 0.308 e. The van der Waals surface area contributed by atoms with E-state index in [9.17, 15) is 18.0 Å². The zero-order chi connectivity index (χ0) is 32.8. The van der Waals surface area contributed by atoms with Crippen molar-refractivity contribution in [3.05, 3.63) is 65.2 Å². The minimum atomic E-state index is -4.14. The predicted molar refractivity (Wildman–Crippen MR) is 174 cm³/mol. The molecule has 1 spiro atoms. The van der Waals surface area contributed by atoms with Crippen molar-refractivity contribution in [1.29, 1.82) is 0 Å². The Hall–Kier alpha value is -3.99. The number of hydrogen-bond donors (Lipinski definition) is 1. The van der Waals surface area contributed by atoms with Crippen LogP contribution < -0.4 is 9.46 Å². The Bertz CT molecular complexity index is 1740. The number of nitrogens with zero attached hydrogens (tertiary/aromatic N) is 3. The summed E-state index contributed by atoms with van der Waals surface area (Å²) in [4.78, 5) is 37.5. The lowest BCUT2D eigenvalue weighted by Gasteiger charge is -2.60. The lowest BCUT2D eigenvalue weighted by atomic mass is 9.49. The number of carbonyl (C=O) groups excluding carboxylic acids is 2. The van der Waals surface area contributed by atoms with Crippen LogP contribution in [-0.4, -0.2) is 61.0 Å². The van der Waals surface area contributed by atoms with Crippen molar-refractivity contribution >= 4 is 27.8 Å². The van der Waals surface area contributed by atoms with Crippen molar-refractivity contribution in [2.24, 2.45) is 17.3 Å². The molecule has 3 aliphatic rings. The molecule has 46 heavy (non-hydrogen) atoms. The number of anilines is 1. The number of aromatic nitrogens is 2. The van der Waals surface area contributed by atoms with E-state index in [0.29, 0.717) is 23.6 Å². The molecule has 0 saturated heterocycles. The molecular formula is C35H42N4O6S. The molecule has 6 rings (SSSR count). The van der Waals surface area contributed by atoms with Crippen molar-refractivity contribution in [3.63, 3.8) is 0 Å². The van der Waals surface area contributed by atoms with Crippen molar-refractivity contribution < 1.29 is 27.5 Å². The van der Waals surface area contributed by atoms with E-state index < -0.39 is 10.0 Å². The Kier molecular flexibility index (Phi) is 8.56. The number of esters is 1. The number of hydrogen-bond acceptors (Lipinski definition) is 8. The molecule has 2 saturated carbocycles. The maximum absolute atomic E-state index is 14.4. The van der Waals surface area contributed by atoms with Crippen molar-refractivity contribution in [2.45, 2.75) is 83.2 Å². The van der Waals surface area contributed by atoms with Crippen molar-refractivity contribution in [1.82, 2.24) is 14.9 Å². The Morgan fingerprint density at radius 1 is 1.07 bits per heavy atom. The number of aryl methyl sites for hydroxylation is 2. The highest BCUT2D eigenvalue weighted by molar-refractivity contribution is 7.92. The normalized spacial score (nSPS) is 25.2. The average Bonchev–Trinajstić information content (AvgIpc) is 2.97. The van der Waals surface area contributed by atoms with Crippen LogP contribution in [0.15, 0.2) is 53.4 Å². The molecule has 244 valence electrons. The van der Waals surface area contributed by atoms with Crippen LogP contribution in [0.2, 0.25) is 0 Å². The number of ether oxygens (including phenoxy) is 2. The van der Waals surface area contributed by atoms with Gasteiger partial charge < -0.3 is 14.4 Å². The van der Waals surface area contributed by atoms with Gasteiger partial charge in [-0.15, -0.1) is 0 Å². The van der Waals surface area contributed by atoms with Gasteiger partial charge in [0.15, 0.2) is 0 Å². The number of carbonyl (C=O) groups is 2. The molecule has 11 heteroatoms. The third kappa shape index (κ3) is 6.21. The summed E-state index contributed by atoms with van der Waals surface area (Å²) in [5.41, 5.74) is 3.70. The van der Waals surface area contributed by atoms with Crippen LogP contribution in [0.5, 0.6) is 5.88 Å². The largest absolute Gasteiger partial charge is 0.475 e. The Balaban J connectivity index is 1.41. The molecule has 2 heterocycles. The lowest BCUT2D eigenvalue weighted by molar-refractivity contribution is -0.163. The first-order chi connectivity index (χ1) is 21.9. The molecule has 2 aromatic carbocycles. The van der Waals surface area contributed by atoms with E-state index in [0.717, 1.165) is 48.8 Å². The van der Waals surface area contributed by atoms with E-state index in [1.807, 2.05) is 36.9 Å². The summed E-state index contributed by atoms with van der Waals surface area (Å²) in [6.45, 7) is 8.45. The summed E-state index contributed by atoms with van der Waals surface area (Å²) in [5, 5.41) is 0. The van der Waals surface area contributed by atoms with Gasteiger partial charge in [-0.25, -0.2) is 18.1 Å². The van der Waals surface area contributed by atoms with Crippen LogP contribution in [0.4, 0.5) is 5.95 Å². The molecule has 1 amide bonds. The van der Waals surface area contributed by atoms with Crippen LogP contribution in [0.1, 0.15) is 73.9 Å². The molecule has 1 aliphatic heterocycles. The lowest BCUT2D eigenvalue weighted by Crippen LogP contribution is -2.61. The summed E-state index contributed by atoms with van der Waals surface area (Å²) < 4.78 is 41.1. The fraction of sp³-hybridized carbons (Fsp3) is 0.486. The number of fused-ring (bicyclic) bond motifs is 4. The summed E-state index contributed by atoms with van der Waals surface area (Å²) in [5.74, 6) is 0.0270. The molecule has 1 atom stereocenters. The molecule has 0 radical (unpaired) electrons. The zero-order valence-electron chi connectivity index (χ0n) is 27.1. The van der Waals surface area contributed by atoms with E-state index >= 15 is 0 Å². The number of amides is 1. The summed E-state index contributed by atoms with van der Waals surface area (Å²) in [6, 6.07) is 13.5. The predicted octanol–water partition coefficient (Wildman–Crippen LogP) is 5.93. The van der Waals surface area contributed by atoms with Crippen LogP contribution >= 0.6 is 0 Å². The van der Waals surface area contributed by atoms with Gasteiger partial charge in [-0.3, -0.25) is 9.59 Å². The standard InChI is InChI=1S/C35H42N4O6S/c1-21(2)12-13-26-20-45-30-15-29(31-22(3)8-6-9-23(31)4)36-34(37-30)38-46(42,43)28-11-7-10-24(14-28)32(40)39(26)27-18-35(19-27)16-25(17-35)33(41)44-5/h6-11,14-15,21,25-27H,12-13,16-20H2,1-5H3,(H,36,37,38)/t25?,26-,27?,35?/m1/s1. The first kappa shape index (κ1) is 32.0. The average molecular weight is 647 g/mol. The second-order valence-electron chi connectivity index (χ2n) is 13.7. The van der Waals surface area contributed by atoms with Gasteiger partial charge in [0.05, 0.1) is 29.7 Å². The minimum absolute atomic E-state index is 0.0192. The van der Waals surface area contributed by atoms with E-state index in [4.69, 9.17) is 9.47 Å². The zero-order valence-corrected chi connectivity index (χ0v) is 27.9. The molecule has 3 aromatic rings. The van der Waals surface area contributed by atoms with E-state index in [2.05, 4.69) is 28.5 Å². The highest BCUT2D eigenvalue weighted by Crippen LogP contribution is 2.60. The fourth-order valence-electron chi connectivity index (χ4n) is 7.44. The topological polar surface area (TPSA) is 128 Å². The van der Waals surface area contributed by atoms with Gasteiger partial charge in [-0.05, 0) is 93.0 Å². The second-order valence-corrected chi connectivity index (χ2v) is 15.3. The minimum Gasteiger partial charge on any atom is -0.475 e. The highest BCUT2D eigenvalue weighted by atomic mass is 32.2. The quantitative estimate of drug-likeness (QED) is 0.327. The number of rotatable bonds is 6. The van der Waals surface area contributed by atoms with E-state index in [1.54, 1.807) is 18.2 Å². The maximum Gasteiger partial charge on any atom is 0.308 e. The highest BCUT2D eigenvalue weighted by Gasteiger charge is 2.57. The summed E-state index contributed by atoms with van der Waals surface area (Å²) in [7, 11) is -2.72. The van der Waals surface area contributed by atoms with Gasteiger partial charge in [0.25, 0.3) is 15.9 Å². The Morgan fingerprint density at radius 3 is 2.43 bits per heavy atom. The molecule has 1 N–H and O–H groups in total. The van der Waals surface area contributed by atoms with Crippen LogP contribution in [-0.2, 0) is 19.6 Å². The van der Waals surface area contributed by atoms with Gasteiger partial charge in [0.2, 0.25) is 11.8 Å². The van der Waals surface area contributed by atoms with Gasteiger partial charge >= 0.3 is 5.97 Å². The van der Waals surface area contributed by atoms with Crippen LogP contribution in [0, 0.1) is 31.1 Å². The van der Waals surface area contributed by atoms with E-state index in [1.165, 1.54) is 19.2 Å². The van der Waals surface area contributed by atoms with Crippen LogP contribution in [0.3, 0.4) is 0 Å².